The van der Waals surface area contributed by atoms with Crippen molar-refractivity contribution in [3.8, 4) is 11.3 Å². The molecule has 1 N–H and O–H groups in total. The van der Waals surface area contributed by atoms with E-state index >= 15 is 0 Å². The minimum absolute atomic E-state index is 0. The van der Waals surface area contributed by atoms with Crippen LogP contribution in [-0.4, -0.2) is 11.7 Å². The molecule has 0 spiro atoms. The van der Waals surface area contributed by atoms with Gasteiger partial charge in [-0.1, -0.05) is 35.5 Å². The van der Waals surface area contributed by atoms with Gasteiger partial charge in [-0.2, -0.15) is 0 Å². The number of hydrogen-bond donors (Lipinski definition) is 1. The molecule has 1 fully saturated rings. The second kappa shape index (κ2) is 5.34. The van der Waals surface area contributed by atoms with Crippen LogP contribution in [0.25, 0.3) is 11.3 Å². The predicted octanol–water partition coefficient (Wildman–Crippen LogP) is 3.19. The predicted molar refractivity (Wildman–Crippen MR) is 69.2 cm³/mol. The Labute approximate surface area is 107 Å². The van der Waals surface area contributed by atoms with E-state index in [4.69, 9.17) is 4.52 Å². The first kappa shape index (κ1) is 12.1. The van der Waals surface area contributed by atoms with Gasteiger partial charge < -0.3 is 9.84 Å². The number of aromatic nitrogens is 1. The Kier molecular flexibility index (Phi) is 3.82. The third kappa shape index (κ3) is 2.51. The molecule has 1 aromatic heterocycles. The van der Waals surface area contributed by atoms with Crippen molar-refractivity contribution in [2.75, 3.05) is 6.54 Å². The van der Waals surface area contributed by atoms with Crippen LogP contribution in [0.5, 0.6) is 0 Å². The highest BCUT2D eigenvalue weighted by molar-refractivity contribution is 5.85. The molecule has 1 aliphatic rings. The van der Waals surface area contributed by atoms with Crippen LogP contribution in [0.3, 0.4) is 0 Å². The summed E-state index contributed by atoms with van der Waals surface area (Å²) in [5.74, 6) is 0.851. The molecule has 3 rings (SSSR count). The summed E-state index contributed by atoms with van der Waals surface area (Å²) < 4.78 is 5.37. The van der Waals surface area contributed by atoms with Crippen LogP contribution in [0, 0.1) is 0 Å². The standard InChI is InChI=1S/C13H14N2O.ClH/c1-2-5-10(6-3-1)13-9-12(15-16-13)11-7-4-8-14-11;/h1-3,5-6,9,11,14H,4,7-8H2;1H. The van der Waals surface area contributed by atoms with E-state index in [9.17, 15) is 0 Å². The Bertz CT molecular complexity index is 463. The summed E-state index contributed by atoms with van der Waals surface area (Å²) in [7, 11) is 0. The lowest BCUT2D eigenvalue weighted by atomic mass is 10.1. The second-order valence-electron chi connectivity index (χ2n) is 4.13. The SMILES string of the molecule is Cl.c1ccc(-c2cc(C3CCCN3)no2)cc1. The van der Waals surface area contributed by atoms with E-state index in [1.807, 2.05) is 36.4 Å². The third-order valence-electron chi connectivity index (χ3n) is 3.00. The van der Waals surface area contributed by atoms with Crippen molar-refractivity contribution in [2.45, 2.75) is 18.9 Å². The van der Waals surface area contributed by atoms with E-state index in [1.54, 1.807) is 0 Å². The van der Waals surface area contributed by atoms with Crippen molar-refractivity contribution >= 4 is 12.4 Å². The molecule has 0 amide bonds. The van der Waals surface area contributed by atoms with Crippen LogP contribution in [0.4, 0.5) is 0 Å². The first-order chi connectivity index (χ1) is 7.93. The molecule has 1 unspecified atom stereocenters. The quantitative estimate of drug-likeness (QED) is 0.890. The molecule has 17 heavy (non-hydrogen) atoms. The number of benzene rings is 1. The van der Waals surface area contributed by atoms with Crippen molar-refractivity contribution in [3.05, 3.63) is 42.1 Å². The molecular weight excluding hydrogens is 236 g/mol. The molecule has 0 aliphatic carbocycles. The Morgan fingerprint density at radius 3 is 2.76 bits per heavy atom. The number of rotatable bonds is 2. The lowest BCUT2D eigenvalue weighted by molar-refractivity contribution is 0.412. The minimum Gasteiger partial charge on any atom is -0.356 e. The van der Waals surface area contributed by atoms with Gasteiger partial charge in [-0.25, -0.2) is 0 Å². The van der Waals surface area contributed by atoms with Gasteiger partial charge in [0.1, 0.15) is 5.69 Å². The van der Waals surface area contributed by atoms with Gasteiger partial charge >= 0.3 is 0 Å². The fourth-order valence-electron chi connectivity index (χ4n) is 2.13. The van der Waals surface area contributed by atoms with Crippen molar-refractivity contribution in [3.63, 3.8) is 0 Å². The van der Waals surface area contributed by atoms with Gasteiger partial charge in [0.15, 0.2) is 5.76 Å². The van der Waals surface area contributed by atoms with Crippen LogP contribution in [0.1, 0.15) is 24.6 Å². The average Bonchev–Trinajstić information content (AvgIpc) is 3.01. The summed E-state index contributed by atoms with van der Waals surface area (Å²) in [6.45, 7) is 1.08. The van der Waals surface area contributed by atoms with Crippen molar-refractivity contribution in [1.29, 1.82) is 0 Å². The highest BCUT2D eigenvalue weighted by Crippen LogP contribution is 2.26. The van der Waals surface area contributed by atoms with Gasteiger partial charge in [-0.15, -0.1) is 12.4 Å². The molecule has 1 saturated heterocycles. The van der Waals surface area contributed by atoms with Gasteiger partial charge in [-0.05, 0) is 19.4 Å². The largest absolute Gasteiger partial charge is 0.356 e. The van der Waals surface area contributed by atoms with E-state index in [1.165, 1.54) is 6.42 Å². The topological polar surface area (TPSA) is 38.1 Å². The molecule has 0 saturated carbocycles. The second-order valence-corrected chi connectivity index (χ2v) is 4.13. The molecule has 3 nitrogen and oxygen atoms in total. The smallest absolute Gasteiger partial charge is 0.167 e. The lowest BCUT2D eigenvalue weighted by Crippen LogP contribution is -2.12. The van der Waals surface area contributed by atoms with Crippen molar-refractivity contribution < 1.29 is 4.52 Å². The van der Waals surface area contributed by atoms with Crippen LogP contribution in [0.2, 0.25) is 0 Å². The summed E-state index contributed by atoms with van der Waals surface area (Å²) in [5, 5.41) is 7.55. The molecule has 2 heterocycles. The Morgan fingerprint density at radius 1 is 1.24 bits per heavy atom. The van der Waals surface area contributed by atoms with Gasteiger partial charge in [-0.3, -0.25) is 0 Å². The molecule has 1 aliphatic heterocycles. The van der Waals surface area contributed by atoms with E-state index in [-0.39, 0.29) is 12.4 Å². The summed E-state index contributed by atoms with van der Waals surface area (Å²) in [4.78, 5) is 0. The summed E-state index contributed by atoms with van der Waals surface area (Å²) in [6.07, 6.45) is 2.37. The fraction of sp³-hybridized carbons (Fsp3) is 0.308. The summed E-state index contributed by atoms with van der Waals surface area (Å²) in [5.41, 5.74) is 2.11. The molecule has 2 aromatic rings. The first-order valence-corrected chi connectivity index (χ1v) is 5.69. The van der Waals surface area contributed by atoms with Crippen LogP contribution in [-0.2, 0) is 0 Å². The number of hydrogen-bond acceptors (Lipinski definition) is 3. The molecule has 1 atom stereocenters. The normalized spacial score (nSPS) is 18.9. The van der Waals surface area contributed by atoms with Gasteiger partial charge in [0.05, 0.1) is 6.04 Å². The summed E-state index contributed by atoms with van der Waals surface area (Å²) in [6, 6.07) is 12.5. The Balaban J connectivity index is 0.00000108. The maximum atomic E-state index is 5.37. The van der Waals surface area contributed by atoms with Crippen LogP contribution < -0.4 is 5.32 Å². The van der Waals surface area contributed by atoms with Crippen LogP contribution >= 0.6 is 12.4 Å². The van der Waals surface area contributed by atoms with E-state index < -0.39 is 0 Å². The maximum absolute atomic E-state index is 5.37. The average molecular weight is 251 g/mol. The molecule has 1 aromatic carbocycles. The van der Waals surface area contributed by atoms with Gasteiger partial charge in [0.25, 0.3) is 0 Å². The van der Waals surface area contributed by atoms with E-state index in [0.29, 0.717) is 6.04 Å². The van der Waals surface area contributed by atoms with Gasteiger partial charge in [0, 0.05) is 11.6 Å². The van der Waals surface area contributed by atoms with Gasteiger partial charge in [0.2, 0.25) is 0 Å². The van der Waals surface area contributed by atoms with E-state index in [2.05, 4.69) is 10.5 Å². The molecule has 0 radical (unpaired) electrons. The zero-order chi connectivity index (χ0) is 10.8. The zero-order valence-electron chi connectivity index (χ0n) is 9.43. The maximum Gasteiger partial charge on any atom is 0.167 e. The Morgan fingerprint density at radius 2 is 2.06 bits per heavy atom. The minimum atomic E-state index is 0. The lowest BCUT2D eigenvalue weighted by Gasteiger charge is -2.02. The molecule has 4 heteroatoms. The van der Waals surface area contributed by atoms with Crippen molar-refractivity contribution in [2.24, 2.45) is 0 Å². The van der Waals surface area contributed by atoms with Crippen molar-refractivity contribution in [1.82, 2.24) is 10.5 Å². The number of nitrogens with one attached hydrogen (secondary N) is 1. The fourth-order valence-corrected chi connectivity index (χ4v) is 2.13. The molecule has 90 valence electrons. The van der Waals surface area contributed by atoms with E-state index in [0.717, 1.165) is 30.0 Å². The highest BCUT2D eigenvalue weighted by Gasteiger charge is 2.20. The highest BCUT2D eigenvalue weighted by atomic mass is 35.5. The molecule has 0 bridgehead atoms. The number of nitrogens with zero attached hydrogens (tertiary/aromatic N) is 1. The number of halogens is 1. The van der Waals surface area contributed by atoms with Crippen LogP contribution in [0.15, 0.2) is 40.9 Å². The first-order valence-electron chi connectivity index (χ1n) is 5.69. The zero-order valence-corrected chi connectivity index (χ0v) is 10.2. The molecular formula is C13H15ClN2O. The Hall–Kier alpha value is -1.32. The monoisotopic (exact) mass is 250 g/mol. The summed E-state index contributed by atoms with van der Waals surface area (Å²) >= 11 is 0. The third-order valence-corrected chi connectivity index (χ3v) is 3.00.